The second-order valence-corrected chi connectivity index (χ2v) is 7.54. The van der Waals surface area contributed by atoms with Crippen LogP contribution in [0, 0.1) is 0 Å². The first-order valence-electron chi connectivity index (χ1n) is 6.40. The summed E-state index contributed by atoms with van der Waals surface area (Å²) in [5.41, 5.74) is 0.608. The highest BCUT2D eigenvalue weighted by molar-refractivity contribution is 7.92. The molecule has 0 unspecified atom stereocenters. The van der Waals surface area contributed by atoms with E-state index in [0.717, 1.165) is 18.9 Å². The third kappa shape index (κ3) is 3.99. The van der Waals surface area contributed by atoms with Crippen molar-refractivity contribution < 1.29 is 27.4 Å². The van der Waals surface area contributed by atoms with Crippen LogP contribution < -0.4 is 9.47 Å². The monoisotopic (exact) mass is 357 g/mol. The van der Waals surface area contributed by atoms with Crippen molar-refractivity contribution in [3.63, 3.8) is 0 Å². The zero-order valence-corrected chi connectivity index (χ0v) is 14.4. The Balaban J connectivity index is 2.29. The smallest absolute Gasteiger partial charge is 0.345 e. The van der Waals surface area contributed by atoms with Gasteiger partial charge in [-0.1, -0.05) is 12.1 Å². The largest absolute Gasteiger partial charge is 0.497 e. The Morgan fingerprint density at radius 3 is 2.65 bits per heavy atom. The van der Waals surface area contributed by atoms with Gasteiger partial charge in [0.2, 0.25) is 5.88 Å². The first-order valence-corrected chi connectivity index (χ1v) is 9.07. The molecule has 0 aliphatic rings. The highest BCUT2D eigenvalue weighted by Crippen LogP contribution is 2.31. The Morgan fingerprint density at radius 1 is 1.30 bits per heavy atom. The van der Waals surface area contributed by atoms with Crippen LogP contribution in [-0.2, 0) is 21.2 Å². The summed E-state index contributed by atoms with van der Waals surface area (Å²) in [5, 5.41) is 0. The first-order chi connectivity index (χ1) is 10.9. The summed E-state index contributed by atoms with van der Waals surface area (Å²) in [7, 11) is -0.892. The van der Waals surface area contributed by atoms with Crippen LogP contribution in [-0.4, -0.2) is 39.2 Å². The fraction of sp³-hybridized carbons (Fsp3) is 0.286. The quantitative estimate of drug-likeness (QED) is 0.729. The lowest BCUT2D eigenvalue weighted by molar-refractivity contribution is 0.0591. The van der Waals surface area contributed by atoms with Gasteiger partial charge < -0.3 is 14.2 Å². The van der Waals surface area contributed by atoms with Gasteiger partial charge in [-0.3, -0.25) is 0 Å². The van der Waals surface area contributed by atoms with E-state index in [9.17, 15) is 13.2 Å². The van der Waals surface area contributed by atoms with Crippen LogP contribution in [0.15, 0.2) is 28.5 Å². The van der Waals surface area contributed by atoms with Crippen LogP contribution in [0.2, 0.25) is 0 Å². The zero-order valence-electron chi connectivity index (χ0n) is 12.7. The molecule has 0 aliphatic heterocycles. The van der Waals surface area contributed by atoms with Crippen molar-refractivity contribution in [2.75, 3.05) is 20.5 Å². The molecule has 2 rings (SSSR count). The molecule has 0 fully saturated rings. The van der Waals surface area contributed by atoms with Gasteiger partial charge >= 0.3 is 5.97 Å². The van der Waals surface area contributed by atoms with Gasteiger partial charge in [-0.25, -0.2) is 13.2 Å². The van der Waals surface area contributed by atoms with E-state index in [-0.39, 0.29) is 22.3 Å². The van der Waals surface area contributed by atoms with Crippen molar-refractivity contribution in [3.05, 3.63) is 35.4 Å². The van der Waals surface area contributed by atoms with Gasteiger partial charge in [-0.2, -0.15) is 4.37 Å². The molecule has 0 N–H and O–H groups in total. The number of benzene rings is 1. The number of sulfone groups is 1. The lowest BCUT2D eigenvalue weighted by atomic mass is 10.2. The van der Waals surface area contributed by atoms with E-state index >= 15 is 0 Å². The number of methoxy groups -OCH3 is 2. The van der Waals surface area contributed by atoms with Crippen LogP contribution >= 0.6 is 11.5 Å². The molecule has 124 valence electrons. The molecule has 0 amide bonds. The van der Waals surface area contributed by atoms with Gasteiger partial charge in [0.25, 0.3) is 0 Å². The van der Waals surface area contributed by atoms with Gasteiger partial charge in [0.1, 0.15) is 12.4 Å². The van der Waals surface area contributed by atoms with E-state index in [1.807, 2.05) is 6.07 Å². The molecule has 1 aromatic carbocycles. The number of aromatic nitrogens is 1. The minimum absolute atomic E-state index is 0.0647. The zero-order chi connectivity index (χ0) is 17.0. The molecule has 0 saturated heterocycles. The third-order valence-corrected chi connectivity index (χ3v) is 5.50. The predicted octanol–water partition coefficient (Wildman–Crippen LogP) is 1.92. The lowest BCUT2D eigenvalue weighted by Gasteiger charge is -2.07. The highest BCUT2D eigenvalue weighted by Gasteiger charge is 2.28. The van der Waals surface area contributed by atoms with Crippen molar-refractivity contribution in [1.29, 1.82) is 0 Å². The van der Waals surface area contributed by atoms with Crippen LogP contribution in [0.4, 0.5) is 0 Å². The Kier molecular flexibility index (Phi) is 5.22. The molecule has 23 heavy (non-hydrogen) atoms. The molecule has 0 radical (unpaired) electrons. The Labute approximate surface area is 137 Å². The maximum atomic E-state index is 11.9. The molecular weight excluding hydrogens is 342 g/mol. The molecule has 9 heteroatoms. The van der Waals surface area contributed by atoms with Gasteiger partial charge in [0.15, 0.2) is 19.6 Å². The summed E-state index contributed by atoms with van der Waals surface area (Å²) in [6.45, 7) is 0.105. The molecule has 1 heterocycles. The standard InChI is InChI=1S/C14H15NO6S2/c1-19-10-6-4-5-9(7-10)8-21-12-11(13(16)20-2)14(22-15-12)23(3,17)18/h4-7H,8H2,1-3H3. The van der Waals surface area contributed by atoms with Gasteiger partial charge in [0, 0.05) is 6.26 Å². The Bertz CT molecular complexity index is 812. The number of hydrogen-bond donors (Lipinski definition) is 0. The van der Waals surface area contributed by atoms with Crippen LogP contribution in [0.25, 0.3) is 0 Å². The van der Waals surface area contributed by atoms with Crippen LogP contribution in [0.1, 0.15) is 15.9 Å². The summed E-state index contributed by atoms with van der Waals surface area (Å²) >= 11 is 0.681. The number of carbonyl (C=O) groups is 1. The van der Waals surface area contributed by atoms with Gasteiger partial charge in [-0.15, -0.1) is 0 Å². The summed E-state index contributed by atoms with van der Waals surface area (Å²) in [6.07, 6.45) is 0.999. The SMILES string of the molecule is COC(=O)c1c(OCc2cccc(OC)c2)nsc1S(C)(=O)=O. The van der Waals surface area contributed by atoms with E-state index in [0.29, 0.717) is 17.3 Å². The normalized spacial score (nSPS) is 11.1. The highest BCUT2D eigenvalue weighted by atomic mass is 32.2. The molecule has 2 aromatic rings. The Morgan fingerprint density at radius 2 is 2.04 bits per heavy atom. The number of rotatable bonds is 6. The molecule has 0 spiro atoms. The summed E-state index contributed by atoms with van der Waals surface area (Å²) < 4.78 is 42.4. The predicted molar refractivity (Wildman–Crippen MR) is 83.9 cm³/mol. The van der Waals surface area contributed by atoms with E-state index in [2.05, 4.69) is 9.11 Å². The average molecular weight is 357 g/mol. The number of nitrogens with zero attached hydrogens (tertiary/aromatic N) is 1. The molecule has 0 atom stereocenters. The van der Waals surface area contributed by atoms with E-state index in [1.54, 1.807) is 25.3 Å². The minimum atomic E-state index is -3.61. The molecule has 1 aromatic heterocycles. The third-order valence-electron chi connectivity index (χ3n) is 2.87. The second kappa shape index (κ2) is 6.97. The van der Waals surface area contributed by atoms with Crippen molar-refractivity contribution >= 4 is 27.3 Å². The van der Waals surface area contributed by atoms with Crippen molar-refractivity contribution in [2.24, 2.45) is 0 Å². The number of esters is 1. The maximum Gasteiger partial charge on any atom is 0.345 e. The fourth-order valence-electron chi connectivity index (χ4n) is 1.80. The molecule has 0 aliphatic carbocycles. The number of ether oxygens (including phenoxy) is 3. The van der Waals surface area contributed by atoms with Crippen molar-refractivity contribution in [2.45, 2.75) is 10.8 Å². The Hall–Kier alpha value is -2.13. The summed E-state index contributed by atoms with van der Waals surface area (Å²) in [5.74, 6) is -0.209. The van der Waals surface area contributed by atoms with Crippen molar-refractivity contribution in [1.82, 2.24) is 4.37 Å². The van der Waals surface area contributed by atoms with Gasteiger partial charge in [-0.05, 0) is 29.2 Å². The van der Waals surface area contributed by atoms with Crippen LogP contribution in [0.3, 0.4) is 0 Å². The van der Waals surface area contributed by atoms with E-state index < -0.39 is 15.8 Å². The van der Waals surface area contributed by atoms with E-state index in [1.165, 1.54) is 0 Å². The van der Waals surface area contributed by atoms with E-state index in [4.69, 9.17) is 9.47 Å². The topological polar surface area (TPSA) is 91.8 Å². The molecule has 0 bridgehead atoms. The summed E-state index contributed by atoms with van der Waals surface area (Å²) in [6, 6.07) is 7.15. The molecule has 0 saturated carbocycles. The fourth-order valence-corrected chi connectivity index (χ4v) is 3.57. The minimum Gasteiger partial charge on any atom is -0.497 e. The van der Waals surface area contributed by atoms with Crippen molar-refractivity contribution in [3.8, 4) is 11.6 Å². The average Bonchev–Trinajstić information content (AvgIpc) is 2.96. The van der Waals surface area contributed by atoms with Crippen LogP contribution in [0.5, 0.6) is 11.6 Å². The number of carbonyl (C=O) groups excluding carboxylic acids is 1. The lowest BCUT2D eigenvalue weighted by Crippen LogP contribution is -2.09. The first kappa shape index (κ1) is 17.2. The summed E-state index contributed by atoms with van der Waals surface area (Å²) in [4.78, 5) is 11.9. The number of hydrogen-bond acceptors (Lipinski definition) is 8. The molecular formula is C14H15NO6S2. The van der Waals surface area contributed by atoms with Gasteiger partial charge in [0.05, 0.1) is 14.2 Å². The molecule has 7 nitrogen and oxygen atoms in total. The maximum absolute atomic E-state index is 11.9. The second-order valence-electron chi connectivity index (χ2n) is 4.55.